The summed E-state index contributed by atoms with van der Waals surface area (Å²) >= 11 is 1.47. The van der Waals surface area contributed by atoms with Gasteiger partial charge in [-0.25, -0.2) is 9.37 Å². The highest BCUT2D eigenvalue weighted by molar-refractivity contribution is 7.99. The van der Waals surface area contributed by atoms with E-state index >= 15 is 0 Å². The number of likely N-dealkylation sites (tertiary alicyclic amines) is 1. The summed E-state index contributed by atoms with van der Waals surface area (Å²) in [7, 11) is 0. The number of aromatic nitrogens is 2. The third-order valence-corrected chi connectivity index (χ3v) is 5.73. The van der Waals surface area contributed by atoms with Crippen LogP contribution in [0.2, 0.25) is 0 Å². The first kappa shape index (κ1) is 18.7. The maximum absolute atomic E-state index is 13.4. The third kappa shape index (κ3) is 4.17. The number of rotatable bonds is 7. The largest absolute Gasteiger partial charge is 0.480 e. The Bertz CT molecular complexity index is 823. The number of aliphatic carboxylic acids is 1. The summed E-state index contributed by atoms with van der Waals surface area (Å²) in [5.41, 5.74) is 1.07. The Balaban J connectivity index is 1.70. The van der Waals surface area contributed by atoms with Crippen molar-refractivity contribution in [2.45, 2.75) is 37.9 Å². The summed E-state index contributed by atoms with van der Waals surface area (Å²) in [5, 5.41) is 9.75. The minimum Gasteiger partial charge on any atom is -0.480 e. The monoisotopic (exact) mass is 379 g/mol. The van der Waals surface area contributed by atoms with Crippen molar-refractivity contribution in [3.8, 4) is 0 Å². The first-order valence-electron chi connectivity index (χ1n) is 8.76. The smallest absolute Gasteiger partial charge is 0.323 e. The summed E-state index contributed by atoms with van der Waals surface area (Å²) < 4.78 is 15.1. The van der Waals surface area contributed by atoms with E-state index in [9.17, 15) is 19.1 Å². The Morgan fingerprint density at radius 1 is 1.42 bits per heavy atom. The van der Waals surface area contributed by atoms with Crippen LogP contribution in [0.4, 0.5) is 4.39 Å². The molecule has 8 heteroatoms. The van der Waals surface area contributed by atoms with Gasteiger partial charge in [0.15, 0.2) is 5.16 Å². The summed E-state index contributed by atoms with van der Waals surface area (Å²) in [6.07, 6.45) is 2.38. The zero-order valence-electron chi connectivity index (χ0n) is 14.7. The van der Waals surface area contributed by atoms with Crippen LogP contribution in [0.15, 0.2) is 23.4 Å². The number of hydrogen-bond acceptors (Lipinski definition) is 4. The van der Waals surface area contributed by atoms with Gasteiger partial charge >= 0.3 is 5.97 Å². The Morgan fingerprint density at radius 2 is 2.23 bits per heavy atom. The second-order valence-corrected chi connectivity index (χ2v) is 7.55. The van der Waals surface area contributed by atoms with Gasteiger partial charge in [-0.05, 0) is 30.9 Å². The molecule has 0 radical (unpaired) electrons. The third-order valence-electron chi connectivity index (χ3n) is 4.52. The molecule has 0 saturated carbocycles. The normalized spacial score (nSPS) is 17.2. The minimum atomic E-state index is -0.965. The standard InChI is InChI=1S/C18H22FN3O3S/c1-2-3-16(23)21-7-6-12(9-21)11-26-18-20-14-8-13(19)4-5-15(14)22(18)10-17(24)25/h4-5,8,12H,2-3,6-7,9-11H2,1H3,(H,24,25). The average Bonchev–Trinajstić information content (AvgIpc) is 3.18. The number of benzene rings is 1. The quantitative estimate of drug-likeness (QED) is 0.749. The molecule has 1 atom stereocenters. The molecule has 0 aliphatic carbocycles. The lowest BCUT2D eigenvalue weighted by molar-refractivity contribution is -0.137. The molecule has 6 nitrogen and oxygen atoms in total. The molecule has 1 aromatic heterocycles. The van der Waals surface area contributed by atoms with Crippen LogP contribution in [0.1, 0.15) is 26.2 Å². The molecule has 1 amide bonds. The molecule has 1 N–H and O–H groups in total. The lowest BCUT2D eigenvalue weighted by Gasteiger charge is -2.16. The highest BCUT2D eigenvalue weighted by Crippen LogP contribution is 2.29. The van der Waals surface area contributed by atoms with Gasteiger partial charge in [-0.2, -0.15) is 0 Å². The minimum absolute atomic E-state index is 0.202. The van der Waals surface area contributed by atoms with Crippen molar-refractivity contribution in [2.24, 2.45) is 5.92 Å². The van der Waals surface area contributed by atoms with Gasteiger partial charge < -0.3 is 14.6 Å². The van der Waals surface area contributed by atoms with E-state index in [0.717, 1.165) is 31.7 Å². The van der Waals surface area contributed by atoms with Gasteiger partial charge in [-0.3, -0.25) is 9.59 Å². The fourth-order valence-electron chi connectivity index (χ4n) is 3.24. The van der Waals surface area contributed by atoms with Gasteiger partial charge in [0.2, 0.25) is 5.91 Å². The number of fused-ring (bicyclic) bond motifs is 1. The summed E-state index contributed by atoms with van der Waals surface area (Å²) in [6, 6.07) is 4.19. The van der Waals surface area contributed by atoms with Gasteiger partial charge in [-0.15, -0.1) is 0 Å². The molecule has 1 saturated heterocycles. The Morgan fingerprint density at radius 3 is 2.96 bits per heavy atom. The van der Waals surface area contributed by atoms with E-state index in [1.165, 1.54) is 23.9 Å². The van der Waals surface area contributed by atoms with Crippen LogP contribution in [0, 0.1) is 11.7 Å². The molecule has 1 aliphatic rings. The second kappa shape index (κ2) is 8.07. The van der Waals surface area contributed by atoms with Crippen LogP contribution in [-0.4, -0.2) is 50.3 Å². The highest BCUT2D eigenvalue weighted by atomic mass is 32.2. The summed E-state index contributed by atoms with van der Waals surface area (Å²) in [6.45, 7) is 3.30. The second-order valence-electron chi connectivity index (χ2n) is 6.56. The van der Waals surface area contributed by atoms with Crippen LogP contribution < -0.4 is 0 Å². The molecule has 1 unspecified atom stereocenters. The molecule has 26 heavy (non-hydrogen) atoms. The number of carbonyl (C=O) groups excluding carboxylic acids is 1. The maximum atomic E-state index is 13.4. The molecule has 0 spiro atoms. The van der Waals surface area contributed by atoms with Crippen LogP contribution in [0.25, 0.3) is 11.0 Å². The highest BCUT2D eigenvalue weighted by Gasteiger charge is 2.26. The van der Waals surface area contributed by atoms with Crippen molar-refractivity contribution in [2.75, 3.05) is 18.8 Å². The van der Waals surface area contributed by atoms with Crippen molar-refractivity contribution in [1.29, 1.82) is 0 Å². The van der Waals surface area contributed by atoms with Crippen LogP contribution in [0.5, 0.6) is 0 Å². The first-order valence-corrected chi connectivity index (χ1v) is 9.74. The zero-order valence-corrected chi connectivity index (χ0v) is 15.5. The van der Waals surface area contributed by atoms with E-state index < -0.39 is 11.8 Å². The van der Waals surface area contributed by atoms with Gasteiger partial charge in [0.25, 0.3) is 0 Å². The van der Waals surface area contributed by atoms with Crippen molar-refractivity contribution < 1.29 is 19.1 Å². The van der Waals surface area contributed by atoms with E-state index in [1.54, 1.807) is 10.6 Å². The van der Waals surface area contributed by atoms with Crippen molar-refractivity contribution in [3.05, 3.63) is 24.0 Å². The maximum Gasteiger partial charge on any atom is 0.323 e. The molecule has 1 aromatic carbocycles. The molecule has 1 fully saturated rings. The molecule has 3 rings (SSSR count). The first-order chi connectivity index (χ1) is 12.5. The van der Waals surface area contributed by atoms with E-state index in [2.05, 4.69) is 4.98 Å². The van der Waals surface area contributed by atoms with Crippen molar-refractivity contribution >= 4 is 34.7 Å². The van der Waals surface area contributed by atoms with Gasteiger partial charge in [0.1, 0.15) is 12.4 Å². The number of hydrogen-bond donors (Lipinski definition) is 1. The number of halogens is 1. The van der Waals surface area contributed by atoms with E-state index in [0.29, 0.717) is 28.5 Å². The molecular formula is C18H22FN3O3S. The summed E-state index contributed by atoms with van der Waals surface area (Å²) in [5.74, 6) is -0.0479. The number of amides is 1. The number of carboxylic acid groups (broad SMARTS) is 1. The van der Waals surface area contributed by atoms with Gasteiger partial charge in [-0.1, -0.05) is 18.7 Å². The summed E-state index contributed by atoms with van der Waals surface area (Å²) in [4.78, 5) is 29.5. The Kier molecular flexibility index (Phi) is 5.80. The van der Waals surface area contributed by atoms with Crippen LogP contribution in [0.3, 0.4) is 0 Å². The van der Waals surface area contributed by atoms with Crippen molar-refractivity contribution in [1.82, 2.24) is 14.5 Å². The zero-order chi connectivity index (χ0) is 18.7. The Labute approximate surface area is 155 Å². The molecule has 2 aromatic rings. The van der Waals surface area contributed by atoms with Gasteiger partial charge in [0.05, 0.1) is 11.0 Å². The fourth-order valence-corrected chi connectivity index (χ4v) is 4.38. The molecular weight excluding hydrogens is 357 g/mol. The number of thioether (sulfide) groups is 1. The van der Waals surface area contributed by atoms with E-state index in [4.69, 9.17) is 0 Å². The number of carboxylic acids is 1. The lowest BCUT2D eigenvalue weighted by Crippen LogP contribution is -2.28. The predicted molar refractivity (Wildman–Crippen MR) is 97.6 cm³/mol. The Hall–Kier alpha value is -2.09. The number of nitrogens with zero attached hydrogens (tertiary/aromatic N) is 3. The van der Waals surface area contributed by atoms with Crippen LogP contribution in [-0.2, 0) is 16.1 Å². The van der Waals surface area contributed by atoms with E-state index in [-0.39, 0.29) is 12.5 Å². The SMILES string of the molecule is CCCC(=O)N1CCC(CSc2nc3cc(F)ccc3n2CC(=O)O)C1. The molecule has 2 heterocycles. The van der Waals surface area contributed by atoms with Crippen molar-refractivity contribution in [3.63, 3.8) is 0 Å². The molecule has 0 bridgehead atoms. The predicted octanol–water partition coefficient (Wildman–Crippen LogP) is 3.00. The van der Waals surface area contributed by atoms with Gasteiger partial charge in [0, 0.05) is 31.3 Å². The number of imidazole rings is 1. The average molecular weight is 379 g/mol. The lowest BCUT2D eigenvalue weighted by atomic mass is 10.2. The fraction of sp³-hybridized carbons (Fsp3) is 0.500. The van der Waals surface area contributed by atoms with Crippen LogP contribution >= 0.6 is 11.8 Å². The topological polar surface area (TPSA) is 75.4 Å². The number of carbonyl (C=O) groups is 2. The van der Waals surface area contributed by atoms with E-state index in [1.807, 2.05) is 11.8 Å². The molecule has 1 aliphatic heterocycles. The molecule has 140 valence electrons.